The molecule has 1 aromatic heterocycles. The summed E-state index contributed by atoms with van der Waals surface area (Å²) in [7, 11) is 0. The maximum absolute atomic E-state index is 10.6. The van der Waals surface area contributed by atoms with Crippen molar-refractivity contribution in [3.63, 3.8) is 0 Å². The molecule has 0 saturated carbocycles. The zero-order valence-electron chi connectivity index (χ0n) is 12.9. The van der Waals surface area contributed by atoms with Crippen LogP contribution in [-0.4, -0.2) is 20.1 Å². The van der Waals surface area contributed by atoms with Gasteiger partial charge in [0.2, 0.25) is 0 Å². The van der Waals surface area contributed by atoms with Gasteiger partial charge in [0.1, 0.15) is 12.4 Å². The fourth-order valence-electron chi connectivity index (χ4n) is 2.15. The van der Waals surface area contributed by atoms with Gasteiger partial charge < -0.3 is 10.5 Å². The summed E-state index contributed by atoms with van der Waals surface area (Å²) in [5.74, 6) is 1.42. The molecule has 3 rings (SSSR count). The molecule has 2 aromatic carbocycles. The van der Waals surface area contributed by atoms with E-state index in [-0.39, 0.29) is 12.3 Å². The number of nitrogens with two attached hydrogens (primary N) is 1. The van der Waals surface area contributed by atoms with Crippen LogP contribution in [0.1, 0.15) is 23.3 Å². The first kappa shape index (κ1) is 16.9. The summed E-state index contributed by atoms with van der Waals surface area (Å²) in [6.07, 6.45) is 0. The Kier molecular flexibility index (Phi) is 4.92. The molecule has 9 heteroatoms. The average molecular weight is 360 g/mol. The lowest BCUT2D eigenvalue weighted by atomic mass is 10.1. The summed E-state index contributed by atoms with van der Waals surface area (Å²) >= 11 is 5.86. The number of ether oxygens (including phenoxy) is 1. The quantitative estimate of drug-likeness (QED) is 0.515. The van der Waals surface area contributed by atoms with Gasteiger partial charge in [-0.15, -0.1) is 0 Å². The Morgan fingerprint density at radius 1 is 1.20 bits per heavy atom. The van der Waals surface area contributed by atoms with E-state index in [1.54, 1.807) is 12.1 Å². The minimum absolute atomic E-state index is 0.00300. The van der Waals surface area contributed by atoms with Crippen LogP contribution in [0.3, 0.4) is 0 Å². The Morgan fingerprint density at radius 2 is 1.88 bits per heavy atom. The lowest BCUT2D eigenvalue weighted by Crippen LogP contribution is -2.13. The number of H-pyrrole nitrogens is 1. The van der Waals surface area contributed by atoms with Crippen LogP contribution in [0.15, 0.2) is 48.5 Å². The number of hydrogen-bond donors (Lipinski definition) is 2. The number of rotatable bonds is 6. The molecule has 0 aliphatic rings. The largest absolute Gasteiger partial charge is 0.486 e. The molecular weight excluding hydrogens is 346 g/mol. The molecule has 128 valence electrons. The molecule has 0 unspecified atom stereocenters. The van der Waals surface area contributed by atoms with Crippen molar-refractivity contribution in [1.82, 2.24) is 15.2 Å². The van der Waals surface area contributed by atoms with Gasteiger partial charge in [0.15, 0.2) is 11.6 Å². The third-order valence-electron chi connectivity index (χ3n) is 3.48. The number of aromatic amines is 1. The molecule has 0 aliphatic heterocycles. The summed E-state index contributed by atoms with van der Waals surface area (Å²) in [6.45, 7) is 0.137. The van der Waals surface area contributed by atoms with E-state index in [9.17, 15) is 10.1 Å². The lowest BCUT2D eigenvalue weighted by molar-refractivity contribution is -0.384. The van der Waals surface area contributed by atoms with Gasteiger partial charge in [0, 0.05) is 17.2 Å². The molecule has 0 aliphatic carbocycles. The Balaban J connectivity index is 1.63. The van der Waals surface area contributed by atoms with Gasteiger partial charge in [0.05, 0.1) is 11.0 Å². The molecule has 1 heterocycles. The van der Waals surface area contributed by atoms with Crippen LogP contribution >= 0.6 is 11.6 Å². The molecule has 1 atom stereocenters. The highest BCUT2D eigenvalue weighted by Gasteiger charge is 2.15. The molecule has 0 saturated heterocycles. The Morgan fingerprint density at radius 3 is 2.52 bits per heavy atom. The first-order valence-electron chi connectivity index (χ1n) is 7.32. The zero-order valence-corrected chi connectivity index (χ0v) is 13.7. The second-order valence-corrected chi connectivity index (χ2v) is 5.65. The number of halogens is 1. The van der Waals surface area contributed by atoms with Crippen molar-refractivity contribution in [2.75, 3.05) is 0 Å². The van der Waals surface area contributed by atoms with E-state index in [4.69, 9.17) is 22.1 Å². The van der Waals surface area contributed by atoms with Crippen molar-refractivity contribution in [3.05, 3.63) is 80.9 Å². The molecule has 0 bridgehead atoms. The van der Waals surface area contributed by atoms with Crippen molar-refractivity contribution in [2.24, 2.45) is 5.73 Å². The van der Waals surface area contributed by atoms with Gasteiger partial charge in [-0.05, 0) is 29.8 Å². The second-order valence-electron chi connectivity index (χ2n) is 5.21. The zero-order chi connectivity index (χ0) is 17.8. The summed E-state index contributed by atoms with van der Waals surface area (Å²) < 4.78 is 5.53. The molecule has 25 heavy (non-hydrogen) atoms. The number of nitro groups is 1. The standard InChI is InChI=1S/C16H14ClN5O3/c17-11-3-1-10(2-4-11)15(18)16-19-14(20-21-16)9-25-13-7-5-12(6-8-13)22(23)24/h1-8,15H,9,18H2,(H,19,20,21)/t15-/m1/s1. The molecule has 0 amide bonds. The molecule has 3 aromatic rings. The number of nitrogens with zero attached hydrogens (tertiary/aromatic N) is 3. The van der Waals surface area contributed by atoms with E-state index in [2.05, 4.69) is 15.2 Å². The van der Waals surface area contributed by atoms with Gasteiger partial charge in [-0.25, -0.2) is 4.98 Å². The SMILES string of the molecule is N[C@H](c1ccc(Cl)cc1)c1n[nH]c(COc2ccc([N+](=O)[O-])cc2)n1. The number of aromatic nitrogens is 3. The molecule has 3 N–H and O–H groups in total. The van der Waals surface area contributed by atoms with E-state index in [0.29, 0.717) is 22.4 Å². The van der Waals surface area contributed by atoms with Crippen LogP contribution in [0.5, 0.6) is 5.75 Å². The van der Waals surface area contributed by atoms with Gasteiger partial charge in [-0.3, -0.25) is 15.2 Å². The molecule has 0 radical (unpaired) electrons. The lowest BCUT2D eigenvalue weighted by Gasteiger charge is -2.07. The topological polar surface area (TPSA) is 120 Å². The van der Waals surface area contributed by atoms with Gasteiger partial charge >= 0.3 is 0 Å². The van der Waals surface area contributed by atoms with Crippen molar-refractivity contribution in [1.29, 1.82) is 0 Å². The monoisotopic (exact) mass is 359 g/mol. The summed E-state index contributed by atoms with van der Waals surface area (Å²) in [5.41, 5.74) is 6.98. The van der Waals surface area contributed by atoms with Crippen molar-refractivity contribution in [2.45, 2.75) is 12.6 Å². The second kappa shape index (κ2) is 7.29. The highest BCUT2D eigenvalue weighted by Crippen LogP contribution is 2.20. The molecule has 0 spiro atoms. The Labute approximate surface area is 147 Å². The van der Waals surface area contributed by atoms with Gasteiger partial charge in [-0.1, -0.05) is 23.7 Å². The summed E-state index contributed by atoms with van der Waals surface area (Å²) in [5, 5.41) is 18.1. The number of non-ortho nitro benzene ring substituents is 1. The normalized spacial score (nSPS) is 11.9. The van der Waals surface area contributed by atoms with Crippen LogP contribution in [0.4, 0.5) is 5.69 Å². The summed E-state index contributed by atoms with van der Waals surface area (Å²) in [6, 6.07) is 12.4. The number of nitro benzene ring substituents is 1. The van der Waals surface area contributed by atoms with Crippen LogP contribution < -0.4 is 10.5 Å². The van der Waals surface area contributed by atoms with Crippen LogP contribution in [0, 0.1) is 10.1 Å². The summed E-state index contributed by atoms with van der Waals surface area (Å²) in [4.78, 5) is 14.5. The minimum Gasteiger partial charge on any atom is -0.486 e. The highest BCUT2D eigenvalue weighted by atomic mass is 35.5. The maximum Gasteiger partial charge on any atom is 0.269 e. The number of hydrogen-bond acceptors (Lipinski definition) is 6. The van der Waals surface area contributed by atoms with Crippen molar-refractivity contribution in [3.8, 4) is 5.75 Å². The van der Waals surface area contributed by atoms with E-state index < -0.39 is 11.0 Å². The fourth-order valence-corrected chi connectivity index (χ4v) is 2.27. The average Bonchev–Trinajstić information content (AvgIpc) is 3.09. The van der Waals surface area contributed by atoms with E-state index in [1.165, 1.54) is 24.3 Å². The van der Waals surface area contributed by atoms with E-state index in [0.717, 1.165) is 5.56 Å². The first-order valence-corrected chi connectivity index (χ1v) is 7.70. The third kappa shape index (κ3) is 4.11. The van der Waals surface area contributed by atoms with E-state index >= 15 is 0 Å². The van der Waals surface area contributed by atoms with Crippen LogP contribution in [0.2, 0.25) is 5.02 Å². The highest BCUT2D eigenvalue weighted by molar-refractivity contribution is 6.30. The smallest absolute Gasteiger partial charge is 0.269 e. The fraction of sp³-hybridized carbons (Fsp3) is 0.125. The maximum atomic E-state index is 10.6. The van der Waals surface area contributed by atoms with Gasteiger partial charge in [-0.2, -0.15) is 5.10 Å². The minimum atomic E-state index is -0.485. The molecule has 8 nitrogen and oxygen atoms in total. The van der Waals surface area contributed by atoms with Gasteiger partial charge in [0.25, 0.3) is 5.69 Å². The Bertz CT molecular complexity index is 864. The molecular formula is C16H14ClN5O3. The van der Waals surface area contributed by atoms with Crippen LogP contribution in [0.25, 0.3) is 0 Å². The van der Waals surface area contributed by atoms with E-state index in [1.807, 2.05) is 12.1 Å². The van der Waals surface area contributed by atoms with Crippen molar-refractivity contribution < 1.29 is 9.66 Å². The predicted octanol–water partition coefficient (Wildman–Crippen LogP) is 2.99. The first-order chi connectivity index (χ1) is 12.0. The number of benzene rings is 2. The predicted molar refractivity (Wildman–Crippen MR) is 91.3 cm³/mol. The number of nitrogens with one attached hydrogen (secondary N) is 1. The third-order valence-corrected chi connectivity index (χ3v) is 3.73. The van der Waals surface area contributed by atoms with Crippen LogP contribution in [-0.2, 0) is 6.61 Å². The van der Waals surface area contributed by atoms with Crippen molar-refractivity contribution >= 4 is 17.3 Å². The Hall–Kier alpha value is -2.97. The molecule has 0 fully saturated rings.